The predicted octanol–water partition coefficient (Wildman–Crippen LogP) is 2.97. The van der Waals surface area contributed by atoms with Crippen LogP contribution in [0.2, 0.25) is 5.02 Å². The molecule has 1 aromatic rings. The molecule has 1 fully saturated rings. The number of aliphatic imine (C=N–C) groups is 1. The molecule has 0 aromatic heterocycles. The third-order valence-corrected chi connectivity index (χ3v) is 2.92. The third-order valence-electron chi connectivity index (χ3n) is 2.61. The Balaban J connectivity index is 2.47. The summed E-state index contributed by atoms with van der Waals surface area (Å²) in [5.41, 5.74) is 1.71. The second kappa shape index (κ2) is 3.23. The van der Waals surface area contributed by atoms with Crippen LogP contribution in [0.25, 0.3) is 0 Å². The fourth-order valence-electron chi connectivity index (χ4n) is 1.64. The first kappa shape index (κ1) is 9.45. The van der Waals surface area contributed by atoms with Gasteiger partial charge >= 0.3 is 0 Å². The Morgan fingerprint density at radius 2 is 2.21 bits per heavy atom. The Kier molecular flexibility index (Phi) is 2.18. The number of rotatable bonds is 2. The zero-order chi connectivity index (χ0) is 10.2. The van der Waals surface area contributed by atoms with E-state index in [1.54, 1.807) is 6.08 Å². The zero-order valence-corrected chi connectivity index (χ0v) is 8.64. The SMILES string of the molecule is Cc1ccc(C2(N=C=O)CC2)c(Cl)c1. The van der Waals surface area contributed by atoms with E-state index in [0.717, 1.165) is 24.0 Å². The Hall–Kier alpha value is -1.11. The molecule has 0 saturated heterocycles. The largest absolute Gasteiger partial charge is 0.235 e. The van der Waals surface area contributed by atoms with Crippen LogP contribution in [0.3, 0.4) is 0 Å². The Morgan fingerprint density at radius 1 is 1.50 bits per heavy atom. The van der Waals surface area contributed by atoms with Crippen LogP contribution in [0.4, 0.5) is 0 Å². The van der Waals surface area contributed by atoms with Gasteiger partial charge in [0.15, 0.2) is 0 Å². The van der Waals surface area contributed by atoms with Crippen LogP contribution >= 0.6 is 11.6 Å². The van der Waals surface area contributed by atoms with Gasteiger partial charge in [0.1, 0.15) is 0 Å². The molecule has 1 aliphatic carbocycles. The summed E-state index contributed by atoms with van der Waals surface area (Å²) in [5, 5.41) is 0.696. The van der Waals surface area contributed by atoms with Crippen LogP contribution in [-0.4, -0.2) is 6.08 Å². The molecule has 0 aliphatic heterocycles. The number of isocyanates is 1. The fourth-order valence-corrected chi connectivity index (χ4v) is 2.06. The van der Waals surface area contributed by atoms with Gasteiger partial charge in [-0.05, 0) is 37.0 Å². The van der Waals surface area contributed by atoms with Crippen molar-refractivity contribution < 1.29 is 4.79 Å². The summed E-state index contributed by atoms with van der Waals surface area (Å²) in [6, 6.07) is 5.84. The highest BCUT2D eigenvalue weighted by atomic mass is 35.5. The monoisotopic (exact) mass is 207 g/mol. The van der Waals surface area contributed by atoms with Crippen molar-refractivity contribution >= 4 is 17.7 Å². The van der Waals surface area contributed by atoms with E-state index in [1.165, 1.54) is 0 Å². The molecular weight excluding hydrogens is 198 g/mol. The van der Waals surface area contributed by atoms with Crippen molar-refractivity contribution in [2.24, 2.45) is 4.99 Å². The maximum absolute atomic E-state index is 10.3. The molecule has 2 rings (SSSR count). The van der Waals surface area contributed by atoms with E-state index >= 15 is 0 Å². The quantitative estimate of drug-likeness (QED) is 0.542. The van der Waals surface area contributed by atoms with Gasteiger partial charge in [-0.2, -0.15) is 4.99 Å². The van der Waals surface area contributed by atoms with Crippen LogP contribution in [-0.2, 0) is 10.3 Å². The fraction of sp³-hybridized carbons (Fsp3) is 0.364. The highest BCUT2D eigenvalue weighted by Gasteiger charge is 2.46. The van der Waals surface area contributed by atoms with Crippen molar-refractivity contribution in [3.05, 3.63) is 34.3 Å². The maximum Gasteiger partial charge on any atom is 0.235 e. The zero-order valence-electron chi connectivity index (χ0n) is 7.88. The molecule has 0 heterocycles. The maximum atomic E-state index is 10.3. The predicted molar refractivity (Wildman–Crippen MR) is 55.2 cm³/mol. The van der Waals surface area contributed by atoms with E-state index in [9.17, 15) is 4.79 Å². The molecule has 14 heavy (non-hydrogen) atoms. The lowest BCUT2D eigenvalue weighted by molar-refractivity contribution is 0.556. The summed E-state index contributed by atoms with van der Waals surface area (Å²) in [4.78, 5) is 14.1. The summed E-state index contributed by atoms with van der Waals surface area (Å²) in [6.07, 6.45) is 3.41. The lowest BCUT2D eigenvalue weighted by Crippen LogP contribution is -2.03. The third kappa shape index (κ3) is 1.47. The van der Waals surface area contributed by atoms with Gasteiger partial charge in [-0.3, -0.25) is 0 Å². The lowest BCUT2D eigenvalue weighted by Gasteiger charge is -2.10. The van der Waals surface area contributed by atoms with Gasteiger partial charge in [-0.15, -0.1) is 0 Å². The van der Waals surface area contributed by atoms with E-state index in [2.05, 4.69) is 4.99 Å². The van der Waals surface area contributed by atoms with Gasteiger partial charge in [-0.1, -0.05) is 23.7 Å². The Labute approximate surface area is 87.6 Å². The Morgan fingerprint density at radius 3 is 2.71 bits per heavy atom. The molecule has 0 N–H and O–H groups in total. The molecule has 2 nitrogen and oxygen atoms in total. The minimum absolute atomic E-state index is 0.355. The summed E-state index contributed by atoms with van der Waals surface area (Å²) in [7, 11) is 0. The average molecular weight is 208 g/mol. The van der Waals surface area contributed by atoms with Crippen molar-refractivity contribution in [1.82, 2.24) is 0 Å². The number of aryl methyl sites for hydroxylation is 1. The molecule has 1 saturated carbocycles. The van der Waals surface area contributed by atoms with Gasteiger partial charge in [0.2, 0.25) is 6.08 Å². The molecule has 3 heteroatoms. The van der Waals surface area contributed by atoms with Crippen molar-refractivity contribution in [2.45, 2.75) is 25.3 Å². The molecule has 72 valence electrons. The minimum atomic E-state index is -0.355. The highest BCUT2D eigenvalue weighted by molar-refractivity contribution is 6.31. The van der Waals surface area contributed by atoms with Crippen LogP contribution in [0, 0.1) is 6.92 Å². The van der Waals surface area contributed by atoms with Gasteiger partial charge in [0, 0.05) is 5.02 Å². The number of benzene rings is 1. The van der Waals surface area contributed by atoms with Crippen LogP contribution < -0.4 is 0 Å². The second-order valence-corrected chi connectivity index (χ2v) is 4.13. The van der Waals surface area contributed by atoms with Crippen molar-refractivity contribution in [2.75, 3.05) is 0 Å². The first-order valence-corrected chi connectivity index (χ1v) is 4.91. The molecule has 0 spiro atoms. The van der Waals surface area contributed by atoms with E-state index in [-0.39, 0.29) is 5.54 Å². The van der Waals surface area contributed by atoms with Gasteiger partial charge in [-0.25, -0.2) is 4.79 Å². The van der Waals surface area contributed by atoms with E-state index in [1.807, 2.05) is 25.1 Å². The minimum Gasteiger partial charge on any atom is -0.211 e. The van der Waals surface area contributed by atoms with Gasteiger partial charge < -0.3 is 0 Å². The molecule has 0 unspecified atom stereocenters. The van der Waals surface area contributed by atoms with Gasteiger partial charge in [0.05, 0.1) is 5.54 Å². The first-order chi connectivity index (χ1) is 6.68. The lowest BCUT2D eigenvalue weighted by atomic mass is 10.0. The summed E-state index contributed by atoms with van der Waals surface area (Å²) in [6.45, 7) is 1.98. The van der Waals surface area contributed by atoms with Crippen LogP contribution in [0.1, 0.15) is 24.0 Å². The number of carbonyl (C=O) groups excluding carboxylic acids is 1. The summed E-state index contributed by atoms with van der Waals surface area (Å²) in [5.74, 6) is 0. The van der Waals surface area contributed by atoms with E-state index in [4.69, 9.17) is 11.6 Å². The van der Waals surface area contributed by atoms with Crippen LogP contribution in [0.5, 0.6) is 0 Å². The second-order valence-electron chi connectivity index (χ2n) is 3.72. The topological polar surface area (TPSA) is 29.4 Å². The number of nitrogens with zero attached hydrogens (tertiary/aromatic N) is 1. The first-order valence-electron chi connectivity index (χ1n) is 4.54. The standard InChI is InChI=1S/C11H10ClNO/c1-8-2-3-9(10(12)6-8)11(4-5-11)13-7-14/h2-3,6H,4-5H2,1H3. The molecule has 1 aromatic carbocycles. The summed E-state index contributed by atoms with van der Waals surface area (Å²) >= 11 is 6.10. The number of hydrogen-bond acceptors (Lipinski definition) is 2. The average Bonchev–Trinajstić information content (AvgIpc) is 2.86. The molecule has 0 bridgehead atoms. The molecule has 0 amide bonds. The summed E-state index contributed by atoms with van der Waals surface area (Å²) < 4.78 is 0. The number of hydrogen-bond donors (Lipinski definition) is 0. The molecular formula is C11H10ClNO. The van der Waals surface area contributed by atoms with Crippen molar-refractivity contribution in [1.29, 1.82) is 0 Å². The van der Waals surface area contributed by atoms with Crippen LogP contribution in [0.15, 0.2) is 23.2 Å². The van der Waals surface area contributed by atoms with Gasteiger partial charge in [0.25, 0.3) is 0 Å². The number of halogens is 1. The van der Waals surface area contributed by atoms with Crippen molar-refractivity contribution in [3.63, 3.8) is 0 Å². The normalized spacial score (nSPS) is 17.3. The van der Waals surface area contributed by atoms with E-state index < -0.39 is 0 Å². The highest BCUT2D eigenvalue weighted by Crippen LogP contribution is 2.51. The molecule has 1 aliphatic rings. The molecule has 0 atom stereocenters. The molecule has 0 radical (unpaired) electrons. The smallest absolute Gasteiger partial charge is 0.211 e. The van der Waals surface area contributed by atoms with E-state index in [0.29, 0.717) is 5.02 Å². The Bertz CT molecular complexity index is 417. The van der Waals surface area contributed by atoms with Crippen molar-refractivity contribution in [3.8, 4) is 0 Å².